The number of sulfonamides is 1. The topological polar surface area (TPSA) is 93.7 Å². The zero-order valence-electron chi connectivity index (χ0n) is 19.9. The van der Waals surface area contributed by atoms with Crippen LogP contribution >= 0.6 is 0 Å². The Bertz CT molecular complexity index is 1330. The number of anilines is 2. The lowest BCUT2D eigenvalue weighted by Crippen LogP contribution is -2.15. The predicted octanol–water partition coefficient (Wildman–Crippen LogP) is 5.33. The van der Waals surface area contributed by atoms with Crippen LogP contribution in [-0.2, 0) is 14.8 Å². The molecular formula is C27H28N2O5S. The van der Waals surface area contributed by atoms with Crippen molar-refractivity contribution >= 4 is 33.4 Å². The van der Waals surface area contributed by atoms with Gasteiger partial charge in [-0.05, 0) is 73.0 Å². The van der Waals surface area contributed by atoms with Crippen LogP contribution in [0, 0.1) is 13.8 Å². The molecule has 0 unspecified atom stereocenters. The Labute approximate surface area is 206 Å². The molecule has 3 rings (SSSR count). The summed E-state index contributed by atoms with van der Waals surface area (Å²) in [7, 11) is -2.23. The van der Waals surface area contributed by atoms with E-state index in [4.69, 9.17) is 9.47 Å². The number of carbonyl (C=O) groups is 1. The monoisotopic (exact) mass is 492 g/mol. The second-order valence-corrected chi connectivity index (χ2v) is 9.41. The van der Waals surface area contributed by atoms with Crippen molar-refractivity contribution in [2.24, 2.45) is 0 Å². The third-order valence-electron chi connectivity index (χ3n) is 5.12. The summed E-state index contributed by atoms with van der Waals surface area (Å²) in [6, 6.07) is 16.9. The molecule has 0 atom stereocenters. The fourth-order valence-electron chi connectivity index (χ4n) is 3.30. The van der Waals surface area contributed by atoms with E-state index in [1.54, 1.807) is 42.5 Å². The molecule has 3 aromatic carbocycles. The van der Waals surface area contributed by atoms with E-state index in [9.17, 15) is 13.2 Å². The van der Waals surface area contributed by atoms with Crippen LogP contribution in [-0.4, -0.2) is 28.0 Å². The van der Waals surface area contributed by atoms with Crippen molar-refractivity contribution in [2.45, 2.75) is 18.7 Å². The largest absolute Gasteiger partial charge is 0.493 e. The molecular weight excluding hydrogens is 464 g/mol. The molecule has 0 saturated carbocycles. The summed E-state index contributed by atoms with van der Waals surface area (Å²) in [5.74, 6) is 0.761. The average Bonchev–Trinajstić information content (AvgIpc) is 2.84. The normalized spacial score (nSPS) is 11.2. The second-order valence-electron chi connectivity index (χ2n) is 7.73. The summed E-state index contributed by atoms with van der Waals surface area (Å²) < 4.78 is 39.1. The van der Waals surface area contributed by atoms with Gasteiger partial charge < -0.3 is 14.8 Å². The standard InChI is InChI=1S/C27H28N2O5S/c1-5-17-34-24-15-9-21(18-25(24)33-4)10-16-26(30)28-22-11-13-23(14-12-22)35(31,32)29-27-19(2)7-6-8-20(27)3/h5-16,18,29H,1,17H2,2-4H3,(H,28,30)/b16-10+. The summed E-state index contributed by atoms with van der Waals surface area (Å²) in [4.78, 5) is 12.4. The summed E-state index contributed by atoms with van der Waals surface area (Å²) >= 11 is 0. The molecule has 0 spiro atoms. The minimum Gasteiger partial charge on any atom is -0.493 e. The van der Waals surface area contributed by atoms with E-state index in [0.717, 1.165) is 16.7 Å². The van der Waals surface area contributed by atoms with E-state index >= 15 is 0 Å². The average molecular weight is 493 g/mol. The molecule has 0 aromatic heterocycles. The smallest absolute Gasteiger partial charge is 0.261 e. The molecule has 7 nitrogen and oxygen atoms in total. The Hall–Kier alpha value is -4.04. The van der Waals surface area contributed by atoms with Crippen LogP contribution in [0.3, 0.4) is 0 Å². The molecule has 0 heterocycles. The molecule has 0 fully saturated rings. The first-order valence-electron chi connectivity index (χ1n) is 10.8. The van der Waals surface area contributed by atoms with Crippen molar-refractivity contribution in [1.82, 2.24) is 0 Å². The number of carbonyl (C=O) groups excluding carboxylic acids is 1. The number of methoxy groups -OCH3 is 1. The first kappa shape index (κ1) is 25.6. The lowest BCUT2D eigenvalue weighted by molar-refractivity contribution is -0.111. The van der Waals surface area contributed by atoms with Gasteiger partial charge in [0.05, 0.1) is 17.7 Å². The molecule has 0 saturated heterocycles. The maximum absolute atomic E-state index is 12.8. The molecule has 2 N–H and O–H groups in total. The Kier molecular flexibility index (Phi) is 8.33. The summed E-state index contributed by atoms with van der Waals surface area (Å²) in [6.07, 6.45) is 4.66. The van der Waals surface area contributed by atoms with Crippen LogP contribution in [0.5, 0.6) is 11.5 Å². The van der Waals surface area contributed by atoms with Gasteiger partial charge in [-0.25, -0.2) is 8.42 Å². The van der Waals surface area contributed by atoms with Gasteiger partial charge in [-0.1, -0.05) is 36.9 Å². The van der Waals surface area contributed by atoms with E-state index in [-0.39, 0.29) is 10.8 Å². The first-order chi connectivity index (χ1) is 16.7. The zero-order chi connectivity index (χ0) is 25.4. The van der Waals surface area contributed by atoms with Crippen molar-refractivity contribution < 1.29 is 22.7 Å². The predicted molar refractivity (Wildman–Crippen MR) is 140 cm³/mol. The van der Waals surface area contributed by atoms with Crippen LogP contribution in [0.25, 0.3) is 6.08 Å². The number of hydrogen-bond acceptors (Lipinski definition) is 5. The second kappa shape index (κ2) is 11.4. The van der Waals surface area contributed by atoms with Gasteiger partial charge in [0.15, 0.2) is 11.5 Å². The van der Waals surface area contributed by atoms with Crippen LogP contribution in [0.2, 0.25) is 0 Å². The number of rotatable bonds is 10. The van der Waals surface area contributed by atoms with E-state index < -0.39 is 10.0 Å². The van der Waals surface area contributed by atoms with Gasteiger partial charge in [-0.3, -0.25) is 9.52 Å². The molecule has 0 aliphatic carbocycles. The summed E-state index contributed by atoms with van der Waals surface area (Å²) in [5, 5.41) is 2.72. The highest BCUT2D eigenvalue weighted by atomic mass is 32.2. The van der Waals surface area contributed by atoms with Gasteiger partial charge in [0.1, 0.15) is 6.61 Å². The Morgan fingerprint density at radius 3 is 2.31 bits per heavy atom. The molecule has 182 valence electrons. The number of amides is 1. The summed E-state index contributed by atoms with van der Waals surface area (Å²) in [5.41, 5.74) is 3.45. The van der Waals surface area contributed by atoms with Crippen molar-refractivity contribution in [3.8, 4) is 11.5 Å². The highest BCUT2D eigenvalue weighted by Gasteiger charge is 2.16. The number of ether oxygens (including phenoxy) is 2. The van der Waals surface area contributed by atoms with Crippen molar-refractivity contribution in [2.75, 3.05) is 23.8 Å². The SMILES string of the molecule is C=CCOc1ccc(/C=C/C(=O)Nc2ccc(S(=O)(=O)Nc3c(C)cccc3C)cc2)cc1OC. The molecule has 0 bridgehead atoms. The van der Waals surface area contributed by atoms with E-state index in [2.05, 4.69) is 16.6 Å². The van der Waals surface area contributed by atoms with Crippen LogP contribution in [0.15, 0.2) is 84.3 Å². The van der Waals surface area contributed by atoms with Gasteiger partial charge in [0, 0.05) is 11.8 Å². The zero-order valence-corrected chi connectivity index (χ0v) is 20.7. The minimum absolute atomic E-state index is 0.0968. The van der Waals surface area contributed by atoms with Gasteiger partial charge in [0.2, 0.25) is 5.91 Å². The Morgan fingerprint density at radius 1 is 1.00 bits per heavy atom. The molecule has 0 radical (unpaired) electrons. The number of aryl methyl sites for hydroxylation is 2. The van der Waals surface area contributed by atoms with E-state index in [0.29, 0.717) is 29.5 Å². The molecule has 0 aliphatic heterocycles. The van der Waals surface area contributed by atoms with Gasteiger partial charge in [-0.2, -0.15) is 0 Å². The number of benzene rings is 3. The highest BCUT2D eigenvalue weighted by molar-refractivity contribution is 7.92. The molecule has 3 aromatic rings. The van der Waals surface area contributed by atoms with Gasteiger partial charge >= 0.3 is 0 Å². The van der Waals surface area contributed by atoms with Crippen molar-refractivity contribution in [3.63, 3.8) is 0 Å². The third-order valence-corrected chi connectivity index (χ3v) is 6.49. The van der Waals surface area contributed by atoms with E-state index in [1.807, 2.05) is 32.0 Å². The van der Waals surface area contributed by atoms with E-state index in [1.165, 1.54) is 25.3 Å². The summed E-state index contributed by atoms with van der Waals surface area (Å²) in [6.45, 7) is 7.66. The van der Waals surface area contributed by atoms with Crippen LogP contribution < -0.4 is 19.5 Å². The third kappa shape index (κ3) is 6.74. The highest BCUT2D eigenvalue weighted by Crippen LogP contribution is 2.28. The first-order valence-corrected chi connectivity index (χ1v) is 12.3. The van der Waals surface area contributed by atoms with Gasteiger partial charge in [0.25, 0.3) is 10.0 Å². The van der Waals surface area contributed by atoms with Gasteiger partial charge in [-0.15, -0.1) is 0 Å². The molecule has 0 aliphatic rings. The molecule has 35 heavy (non-hydrogen) atoms. The number of para-hydroxylation sites is 1. The Morgan fingerprint density at radius 2 is 1.69 bits per heavy atom. The van der Waals surface area contributed by atoms with Crippen LogP contribution in [0.4, 0.5) is 11.4 Å². The fraction of sp³-hybridized carbons (Fsp3) is 0.148. The van der Waals surface area contributed by atoms with Crippen molar-refractivity contribution in [1.29, 1.82) is 0 Å². The van der Waals surface area contributed by atoms with Crippen LogP contribution in [0.1, 0.15) is 16.7 Å². The number of nitrogens with one attached hydrogen (secondary N) is 2. The quantitative estimate of drug-likeness (QED) is 0.295. The van der Waals surface area contributed by atoms with Crippen molar-refractivity contribution in [3.05, 3.63) is 96.1 Å². The lowest BCUT2D eigenvalue weighted by Gasteiger charge is -2.13. The fourth-order valence-corrected chi connectivity index (χ4v) is 4.50. The number of hydrogen-bond donors (Lipinski definition) is 2. The molecule has 8 heteroatoms. The minimum atomic E-state index is -3.77. The maximum Gasteiger partial charge on any atom is 0.261 e. The molecule has 1 amide bonds. The Balaban J connectivity index is 1.66. The lowest BCUT2D eigenvalue weighted by atomic mass is 10.1. The maximum atomic E-state index is 12.8.